The minimum absolute atomic E-state index is 0.701. The number of ether oxygens (including phenoxy) is 1. The van der Waals surface area contributed by atoms with Gasteiger partial charge in [-0.1, -0.05) is 22.0 Å². The summed E-state index contributed by atoms with van der Waals surface area (Å²) in [5, 5.41) is 3.35. The molecule has 2 rings (SSSR count). The Balaban J connectivity index is 1.67. The van der Waals surface area contributed by atoms with Crippen molar-refractivity contribution in [2.45, 2.75) is 18.9 Å². The fourth-order valence-electron chi connectivity index (χ4n) is 2.29. The van der Waals surface area contributed by atoms with Crippen LogP contribution in [-0.4, -0.2) is 44.2 Å². The molecule has 1 N–H and O–H groups in total. The highest BCUT2D eigenvalue weighted by Gasteiger charge is 2.17. The lowest BCUT2D eigenvalue weighted by Crippen LogP contribution is -2.42. The lowest BCUT2D eigenvalue weighted by Gasteiger charge is -2.31. The average molecular weight is 313 g/mol. The van der Waals surface area contributed by atoms with Crippen molar-refractivity contribution in [2.75, 3.05) is 33.3 Å². The van der Waals surface area contributed by atoms with Crippen molar-refractivity contribution in [2.24, 2.45) is 0 Å². The van der Waals surface area contributed by atoms with E-state index >= 15 is 0 Å². The SMILES string of the molecule is CNC1CCN(CCOc2cccc(Br)c2)CC1. The summed E-state index contributed by atoms with van der Waals surface area (Å²) in [6.07, 6.45) is 2.49. The predicted molar refractivity (Wildman–Crippen MR) is 78.2 cm³/mol. The molecule has 100 valence electrons. The van der Waals surface area contributed by atoms with Gasteiger partial charge in [0.25, 0.3) is 0 Å². The van der Waals surface area contributed by atoms with Crippen LogP contribution in [-0.2, 0) is 0 Å². The molecule has 1 aliphatic heterocycles. The van der Waals surface area contributed by atoms with Gasteiger partial charge in [0, 0.05) is 17.1 Å². The van der Waals surface area contributed by atoms with Gasteiger partial charge < -0.3 is 10.1 Å². The molecule has 1 aromatic carbocycles. The van der Waals surface area contributed by atoms with Crippen LogP contribution in [0.3, 0.4) is 0 Å². The van der Waals surface area contributed by atoms with Crippen molar-refractivity contribution in [3.05, 3.63) is 28.7 Å². The molecule has 0 radical (unpaired) electrons. The van der Waals surface area contributed by atoms with Crippen LogP contribution in [0, 0.1) is 0 Å². The maximum absolute atomic E-state index is 5.76. The maximum Gasteiger partial charge on any atom is 0.120 e. The molecule has 0 spiro atoms. The first-order valence-electron chi connectivity index (χ1n) is 6.56. The molecule has 0 amide bonds. The molecular formula is C14H21BrN2O. The Hall–Kier alpha value is -0.580. The van der Waals surface area contributed by atoms with E-state index in [-0.39, 0.29) is 0 Å². The minimum Gasteiger partial charge on any atom is -0.492 e. The second-order valence-electron chi connectivity index (χ2n) is 4.71. The second kappa shape index (κ2) is 7.12. The number of nitrogens with zero attached hydrogens (tertiary/aromatic N) is 1. The summed E-state index contributed by atoms with van der Waals surface area (Å²) in [6.45, 7) is 4.13. The molecule has 0 bridgehead atoms. The van der Waals surface area contributed by atoms with Gasteiger partial charge in [0.05, 0.1) is 0 Å². The highest BCUT2D eigenvalue weighted by molar-refractivity contribution is 9.10. The molecule has 1 aromatic rings. The van der Waals surface area contributed by atoms with Gasteiger partial charge in [-0.2, -0.15) is 0 Å². The third-order valence-electron chi connectivity index (χ3n) is 3.47. The summed E-state index contributed by atoms with van der Waals surface area (Å²) in [5.41, 5.74) is 0. The zero-order valence-corrected chi connectivity index (χ0v) is 12.4. The van der Waals surface area contributed by atoms with Crippen molar-refractivity contribution in [1.82, 2.24) is 10.2 Å². The van der Waals surface area contributed by atoms with Gasteiger partial charge in [-0.3, -0.25) is 4.90 Å². The summed E-state index contributed by atoms with van der Waals surface area (Å²) in [5.74, 6) is 0.939. The highest BCUT2D eigenvalue weighted by Crippen LogP contribution is 2.17. The van der Waals surface area contributed by atoms with E-state index in [1.807, 2.05) is 24.3 Å². The van der Waals surface area contributed by atoms with E-state index in [0.29, 0.717) is 6.04 Å². The topological polar surface area (TPSA) is 24.5 Å². The summed E-state index contributed by atoms with van der Waals surface area (Å²) in [7, 11) is 2.05. The van der Waals surface area contributed by atoms with Crippen molar-refractivity contribution < 1.29 is 4.74 Å². The van der Waals surface area contributed by atoms with Crippen molar-refractivity contribution in [1.29, 1.82) is 0 Å². The average Bonchev–Trinajstić information content (AvgIpc) is 2.40. The van der Waals surface area contributed by atoms with Crippen LogP contribution >= 0.6 is 15.9 Å². The Morgan fingerprint density at radius 2 is 2.17 bits per heavy atom. The Morgan fingerprint density at radius 3 is 2.83 bits per heavy atom. The van der Waals surface area contributed by atoms with E-state index in [9.17, 15) is 0 Å². The number of hydrogen-bond acceptors (Lipinski definition) is 3. The van der Waals surface area contributed by atoms with E-state index in [1.54, 1.807) is 0 Å². The molecule has 1 heterocycles. The largest absolute Gasteiger partial charge is 0.492 e. The molecule has 1 saturated heterocycles. The summed E-state index contributed by atoms with van der Waals surface area (Å²) >= 11 is 3.45. The first kappa shape index (κ1) is 13.8. The Kier molecular flexibility index (Phi) is 5.47. The molecule has 4 heteroatoms. The molecular weight excluding hydrogens is 292 g/mol. The number of halogens is 1. The van der Waals surface area contributed by atoms with Crippen LogP contribution in [0.1, 0.15) is 12.8 Å². The zero-order chi connectivity index (χ0) is 12.8. The summed E-state index contributed by atoms with van der Waals surface area (Å²) < 4.78 is 6.82. The third-order valence-corrected chi connectivity index (χ3v) is 3.96. The van der Waals surface area contributed by atoms with E-state index in [4.69, 9.17) is 4.74 Å². The number of nitrogens with one attached hydrogen (secondary N) is 1. The van der Waals surface area contributed by atoms with Gasteiger partial charge in [-0.05, 0) is 51.2 Å². The van der Waals surface area contributed by atoms with Crippen LogP contribution in [0.4, 0.5) is 0 Å². The van der Waals surface area contributed by atoms with Crippen LogP contribution in [0.2, 0.25) is 0 Å². The third kappa shape index (κ3) is 4.26. The Morgan fingerprint density at radius 1 is 1.39 bits per heavy atom. The van der Waals surface area contributed by atoms with Crippen LogP contribution in [0.15, 0.2) is 28.7 Å². The lowest BCUT2D eigenvalue weighted by atomic mass is 10.1. The Labute approximate surface area is 118 Å². The smallest absolute Gasteiger partial charge is 0.120 e. The Bertz CT molecular complexity index is 365. The molecule has 0 unspecified atom stereocenters. The lowest BCUT2D eigenvalue weighted by molar-refractivity contribution is 0.167. The minimum atomic E-state index is 0.701. The predicted octanol–water partition coefficient (Wildman–Crippen LogP) is 2.51. The molecule has 0 aliphatic carbocycles. The molecule has 0 atom stereocenters. The van der Waals surface area contributed by atoms with Gasteiger partial charge in [0.2, 0.25) is 0 Å². The number of benzene rings is 1. The molecule has 1 fully saturated rings. The monoisotopic (exact) mass is 312 g/mol. The van der Waals surface area contributed by atoms with E-state index in [2.05, 4.69) is 33.2 Å². The zero-order valence-electron chi connectivity index (χ0n) is 10.9. The van der Waals surface area contributed by atoms with Crippen molar-refractivity contribution in [3.63, 3.8) is 0 Å². The summed E-state index contributed by atoms with van der Waals surface area (Å²) in [4.78, 5) is 2.48. The number of rotatable bonds is 5. The first-order valence-corrected chi connectivity index (χ1v) is 7.35. The van der Waals surface area contributed by atoms with Crippen LogP contribution in [0.5, 0.6) is 5.75 Å². The van der Waals surface area contributed by atoms with E-state index in [1.165, 1.54) is 25.9 Å². The molecule has 1 aliphatic rings. The molecule has 3 nitrogen and oxygen atoms in total. The van der Waals surface area contributed by atoms with Gasteiger partial charge in [0.15, 0.2) is 0 Å². The van der Waals surface area contributed by atoms with Crippen LogP contribution in [0.25, 0.3) is 0 Å². The quantitative estimate of drug-likeness (QED) is 0.904. The van der Waals surface area contributed by atoms with Crippen molar-refractivity contribution >= 4 is 15.9 Å². The van der Waals surface area contributed by atoms with Crippen molar-refractivity contribution in [3.8, 4) is 5.75 Å². The number of likely N-dealkylation sites (tertiary alicyclic amines) is 1. The molecule has 0 saturated carbocycles. The number of hydrogen-bond donors (Lipinski definition) is 1. The highest BCUT2D eigenvalue weighted by atomic mass is 79.9. The maximum atomic E-state index is 5.76. The van der Waals surface area contributed by atoms with Gasteiger partial charge in [-0.25, -0.2) is 0 Å². The number of piperidine rings is 1. The van der Waals surface area contributed by atoms with Gasteiger partial charge >= 0.3 is 0 Å². The van der Waals surface area contributed by atoms with Gasteiger partial charge in [0.1, 0.15) is 12.4 Å². The fraction of sp³-hybridized carbons (Fsp3) is 0.571. The first-order chi connectivity index (χ1) is 8.78. The standard InChI is InChI=1S/C14H21BrN2O/c1-16-13-5-7-17(8-6-13)9-10-18-14-4-2-3-12(15)11-14/h2-4,11,13,16H,5-10H2,1H3. The van der Waals surface area contributed by atoms with Crippen LogP contribution < -0.4 is 10.1 Å². The van der Waals surface area contributed by atoms with E-state index < -0.39 is 0 Å². The van der Waals surface area contributed by atoms with Gasteiger partial charge in [-0.15, -0.1) is 0 Å². The summed E-state index contributed by atoms with van der Waals surface area (Å²) in [6, 6.07) is 8.71. The van der Waals surface area contributed by atoms with E-state index in [0.717, 1.165) is 23.4 Å². The molecule has 0 aromatic heterocycles. The normalized spacial score (nSPS) is 17.9. The molecule has 18 heavy (non-hydrogen) atoms. The fourth-order valence-corrected chi connectivity index (χ4v) is 2.67. The second-order valence-corrected chi connectivity index (χ2v) is 5.63.